The molecule has 1 saturated heterocycles. The number of amides is 2. The Balaban J connectivity index is 1.54. The van der Waals surface area contributed by atoms with E-state index in [1.165, 1.54) is 16.7 Å². The second-order valence-corrected chi connectivity index (χ2v) is 9.70. The van der Waals surface area contributed by atoms with E-state index in [0.29, 0.717) is 35.4 Å². The predicted octanol–water partition coefficient (Wildman–Crippen LogP) is 6.30. The van der Waals surface area contributed by atoms with Gasteiger partial charge in [-0.15, -0.1) is 0 Å². The maximum absolute atomic E-state index is 13.0. The molecule has 0 unspecified atom stereocenters. The number of anilines is 2. The molecule has 0 radical (unpaired) electrons. The first-order chi connectivity index (χ1) is 16.9. The molecule has 6 nitrogen and oxygen atoms in total. The Morgan fingerprint density at radius 2 is 1.69 bits per heavy atom. The number of benzene rings is 2. The van der Waals surface area contributed by atoms with Crippen LogP contribution in [0.25, 0.3) is 0 Å². The molecule has 1 aliphatic rings. The van der Waals surface area contributed by atoms with Crippen LogP contribution in [0.1, 0.15) is 41.6 Å². The maximum atomic E-state index is 13.0. The lowest BCUT2D eigenvalue weighted by molar-refractivity contribution is 0.215. The van der Waals surface area contributed by atoms with Crippen LogP contribution in [0.2, 0.25) is 10.0 Å². The van der Waals surface area contributed by atoms with Crippen LogP contribution in [0.5, 0.6) is 0 Å². The highest BCUT2D eigenvalue weighted by molar-refractivity contribution is 6.39. The summed E-state index contributed by atoms with van der Waals surface area (Å²) in [5.41, 5.74) is 5.18. The molecular weight excluding hydrogens is 481 g/mol. The highest BCUT2D eigenvalue weighted by atomic mass is 35.5. The molecule has 1 aromatic heterocycles. The van der Waals surface area contributed by atoms with Crippen LogP contribution < -0.4 is 10.2 Å². The lowest BCUT2D eigenvalue weighted by Gasteiger charge is -2.26. The number of hydrogen-bond acceptors (Lipinski definition) is 4. The number of nitrogens with one attached hydrogen (secondary N) is 1. The van der Waals surface area contributed by atoms with E-state index in [0.717, 1.165) is 43.1 Å². The van der Waals surface area contributed by atoms with Gasteiger partial charge in [0.1, 0.15) is 11.6 Å². The molecule has 1 fully saturated rings. The summed E-state index contributed by atoms with van der Waals surface area (Å²) in [6, 6.07) is 13.6. The summed E-state index contributed by atoms with van der Waals surface area (Å²) >= 11 is 12.5. The van der Waals surface area contributed by atoms with Gasteiger partial charge in [-0.2, -0.15) is 0 Å². The number of hydrogen-bond donors (Lipinski definition) is 1. The van der Waals surface area contributed by atoms with Gasteiger partial charge >= 0.3 is 6.03 Å². The normalized spacial score (nSPS) is 14.1. The molecule has 35 heavy (non-hydrogen) atoms. The first-order valence-electron chi connectivity index (χ1n) is 12.0. The van der Waals surface area contributed by atoms with Crippen molar-refractivity contribution >= 4 is 40.7 Å². The number of aromatic nitrogens is 2. The molecule has 3 aromatic rings. The molecule has 2 amide bonds. The van der Waals surface area contributed by atoms with E-state index in [9.17, 15) is 4.79 Å². The number of para-hydroxylation sites is 1. The molecule has 0 aliphatic carbocycles. The van der Waals surface area contributed by atoms with E-state index < -0.39 is 0 Å². The number of urea groups is 1. The van der Waals surface area contributed by atoms with Gasteiger partial charge in [0.25, 0.3) is 0 Å². The lowest BCUT2D eigenvalue weighted by atomic mass is 10.0. The van der Waals surface area contributed by atoms with Crippen molar-refractivity contribution in [3.05, 3.63) is 80.7 Å². The SMILES string of the molecule is CCc1nc(C)nc(N2CCCN(C(=O)Nc3c(Cl)cccc3Cl)CC2)c1Cc1ccc(C)cc1. The fraction of sp³-hybridized carbons (Fsp3) is 0.370. The zero-order valence-corrected chi connectivity index (χ0v) is 22.0. The second kappa shape index (κ2) is 11.3. The molecule has 0 bridgehead atoms. The molecule has 0 spiro atoms. The van der Waals surface area contributed by atoms with E-state index in [-0.39, 0.29) is 6.03 Å². The summed E-state index contributed by atoms with van der Waals surface area (Å²) in [4.78, 5) is 26.8. The van der Waals surface area contributed by atoms with E-state index in [4.69, 9.17) is 33.2 Å². The topological polar surface area (TPSA) is 61.4 Å². The van der Waals surface area contributed by atoms with Crippen molar-refractivity contribution in [3.63, 3.8) is 0 Å². The Bertz CT molecular complexity index is 1180. The largest absolute Gasteiger partial charge is 0.354 e. The van der Waals surface area contributed by atoms with Crippen molar-refractivity contribution < 1.29 is 4.79 Å². The van der Waals surface area contributed by atoms with Crippen molar-refractivity contribution in [1.29, 1.82) is 0 Å². The molecule has 0 saturated carbocycles. The van der Waals surface area contributed by atoms with Crippen LogP contribution in [0.15, 0.2) is 42.5 Å². The highest BCUT2D eigenvalue weighted by Crippen LogP contribution is 2.30. The molecule has 2 heterocycles. The minimum atomic E-state index is -0.199. The maximum Gasteiger partial charge on any atom is 0.321 e. The standard InChI is InChI=1S/C27H31Cl2N5O/c1-4-24-21(17-20-11-9-18(2)10-12-20)26(31-19(3)30-24)33-13-6-14-34(16-15-33)27(35)32-25-22(28)7-5-8-23(25)29/h5,7-12H,4,6,13-17H2,1-3H3,(H,32,35). The van der Waals surface area contributed by atoms with E-state index in [1.807, 2.05) is 11.8 Å². The van der Waals surface area contributed by atoms with Crippen molar-refractivity contribution in [1.82, 2.24) is 14.9 Å². The minimum Gasteiger partial charge on any atom is -0.354 e. The quantitative estimate of drug-likeness (QED) is 0.436. The van der Waals surface area contributed by atoms with Gasteiger partial charge in [-0.3, -0.25) is 0 Å². The summed E-state index contributed by atoms with van der Waals surface area (Å²) in [6.45, 7) is 8.90. The van der Waals surface area contributed by atoms with Gasteiger partial charge in [0.2, 0.25) is 0 Å². The summed E-state index contributed by atoms with van der Waals surface area (Å²) in [7, 11) is 0. The van der Waals surface area contributed by atoms with Crippen molar-refractivity contribution in [3.8, 4) is 0 Å². The molecule has 1 N–H and O–H groups in total. The lowest BCUT2D eigenvalue weighted by Crippen LogP contribution is -2.38. The van der Waals surface area contributed by atoms with Crippen LogP contribution in [0, 0.1) is 13.8 Å². The third kappa shape index (κ3) is 6.06. The van der Waals surface area contributed by atoms with Gasteiger partial charge in [0.05, 0.1) is 15.7 Å². The first kappa shape index (κ1) is 25.3. The van der Waals surface area contributed by atoms with Crippen LogP contribution in [0.4, 0.5) is 16.3 Å². The van der Waals surface area contributed by atoms with E-state index in [2.05, 4.69) is 48.3 Å². The number of aryl methyl sites for hydroxylation is 3. The number of carbonyl (C=O) groups is 1. The Kier molecular flexibility index (Phi) is 8.14. The molecule has 184 valence electrons. The Labute approximate surface area is 217 Å². The van der Waals surface area contributed by atoms with Crippen LogP contribution >= 0.6 is 23.2 Å². The van der Waals surface area contributed by atoms with Gasteiger partial charge < -0.3 is 15.1 Å². The summed E-state index contributed by atoms with van der Waals surface area (Å²) in [6.07, 6.45) is 2.46. The van der Waals surface area contributed by atoms with Crippen LogP contribution in [0.3, 0.4) is 0 Å². The molecule has 8 heteroatoms. The average molecular weight is 512 g/mol. The fourth-order valence-corrected chi connectivity index (χ4v) is 4.91. The van der Waals surface area contributed by atoms with Gasteiger partial charge in [0.15, 0.2) is 0 Å². The van der Waals surface area contributed by atoms with E-state index in [1.54, 1.807) is 18.2 Å². The van der Waals surface area contributed by atoms with Crippen molar-refractivity contribution in [2.75, 3.05) is 36.4 Å². The van der Waals surface area contributed by atoms with E-state index >= 15 is 0 Å². The van der Waals surface area contributed by atoms with Crippen molar-refractivity contribution in [2.24, 2.45) is 0 Å². The third-order valence-electron chi connectivity index (χ3n) is 6.30. The number of carbonyl (C=O) groups excluding carboxylic acids is 1. The molecule has 2 aromatic carbocycles. The zero-order valence-electron chi connectivity index (χ0n) is 20.4. The molecule has 1 aliphatic heterocycles. The average Bonchev–Trinajstić information content (AvgIpc) is 3.10. The molecular formula is C27H31Cl2N5O. The Morgan fingerprint density at radius 1 is 0.971 bits per heavy atom. The van der Waals surface area contributed by atoms with Crippen LogP contribution in [-0.2, 0) is 12.8 Å². The molecule has 0 atom stereocenters. The Morgan fingerprint density at radius 3 is 2.37 bits per heavy atom. The van der Waals surface area contributed by atoms with Gasteiger partial charge in [-0.25, -0.2) is 14.8 Å². The third-order valence-corrected chi connectivity index (χ3v) is 6.93. The summed E-state index contributed by atoms with van der Waals surface area (Å²) < 4.78 is 0. The van der Waals surface area contributed by atoms with Gasteiger partial charge in [-0.1, -0.05) is 66.0 Å². The highest BCUT2D eigenvalue weighted by Gasteiger charge is 2.24. The van der Waals surface area contributed by atoms with Gasteiger partial charge in [0, 0.05) is 43.9 Å². The summed E-state index contributed by atoms with van der Waals surface area (Å²) in [5.74, 6) is 1.75. The number of rotatable bonds is 5. The van der Waals surface area contributed by atoms with Crippen LogP contribution in [-0.4, -0.2) is 47.1 Å². The minimum absolute atomic E-state index is 0.199. The molecule has 4 rings (SSSR count). The van der Waals surface area contributed by atoms with Gasteiger partial charge in [-0.05, 0) is 44.4 Å². The Hall–Kier alpha value is -2.83. The second-order valence-electron chi connectivity index (χ2n) is 8.89. The number of halogens is 2. The monoisotopic (exact) mass is 511 g/mol. The number of nitrogens with zero attached hydrogens (tertiary/aromatic N) is 4. The van der Waals surface area contributed by atoms with Crippen molar-refractivity contribution in [2.45, 2.75) is 40.0 Å². The summed E-state index contributed by atoms with van der Waals surface area (Å²) in [5, 5.41) is 3.73. The predicted molar refractivity (Wildman–Crippen MR) is 144 cm³/mol. The zero-order chi connectivity index (χ0) is 24.9. The first-order valence-corrected chi connectivity index (χ1v) is 12.8. The fourth-order valence-electron chi connectivity index (χ4n) is 4.42. The smallest absolute Gasteiger partial charge is 0.321 e.